The number of hydrogen-bond acceptors (Lipinski definition) is 2. The van der Waals surface area contributed by atoms with E-state index in [1.165, 1.54) is 0 Å². The number of carbonyl (C=O) groups is 1. The smallest absolute Gasteiger partial charge is 0.407 e. The van der Waals surface area contributed by atoms with Crippen LogP contribution in [0.3, 0.4) is 0 Å². The van der Waals surface area contributed by atoms with Crippen LogP contribution in [0.1, 0.15) is 25.0 Å². The van der Waals surface area contributed by atoms with Crippen LogP contribution in [0.15, 0.2) is 30.3 Å². The van der Waals surface area contributed by atoms with Crippen molar-refractivity contribution in [2.24, 2.45) is 0 Å². The molecule has 74 valence electrons. The fourth-order valence-corrected chi connectivity index (χ4v) is 1.66. The summed E-state index contributed by atoms with van der Waals surface area (Å²) in [6, 6.07) is 10.0. The molecule has 1 amide bonds. The third-order valence-corrected chi connectivity index (χ3v) is 2.35. The van der Waals surface area contributed by atoms with Crippen LogP contribution < -0.4 is 5.32 Å². The van der Waals surface area contributed by atoms with Gasteiger partial charge in [0.25, 0.3) is 0 Å². The molecule has 1 aromatic rings. The molecule has 1 N–H and O–H groups in total. The van der Waals surface area contributed by atoms with E-state index in [2.05, 4.69) is 5.32 Å². The Morgan fingerprint density at radius 1 is 1.36 bits per heavy atom. The largest absolute Gasteiger partial charge is 0.441 e. The molecule has 0 spiro atoms. The molecule has 0 radical (unpaired) electrons. The third kappa shape index (κ3) is 1.87. The average molecular weight is 191 g/mol. The van der Waals surface area contributed by atoms with Gasteiger partial charge >= 0.3 is 6.09 Å². The summed E-state index contributed by atoms with van der Waals surface area (Å²) in [5.74, 6) is 0. The number of carbonyl (C=O) groups excluding carboxylic acids is 1. The molecule has 1 saturated heterocycles. The first kappa shape index (κ1) is 9.06. The lowest BCUT2D eigenvalue weighted by Gasteiger charge is -2.28. The summed E-state index contributed by atoms with van der Waals surface area (Å²) in [4.78, 5) is 11.1. The molecule has 14 heavy (non-hydrogen) atoms. The highest BCUT2D eigenvalue weighted by molar-refractivity contribution is 5.68. The van der Waals surface area contributed by atoms with Gasteiger partial charge in [0, 0.05) is 12.5 Å². The molecule has 1 heterocycles. The van der Waals surface area contributed by atoms with Gasteiger partial charge in [-0.3, -0.25) is 0 Å². The Kier molecular flexibility index (Phi) is 2.39. The molecule has 0 aliphatic carbocycles. The number of nitrogens with one attached hydrogen (secondary N) is 1. The first-order chi connectivity index (χ1) is 6.75. The lowest BCUT2D eigenvalue weighted by molar-refractivity contribution is 0.0611. The fraction of sp³-hybridized carbons (Fsp3) is 0.364. The zero-order valence-electron chi connectivity index (χ0n) is 8.07. The normalized spacial score (nSPS) is 26.5. The molecular formula is C11H13NO2. The third-order valence-electron chi connectivity index (χ3n) is 2.35. The minimum Gasteiger partial charge on any atom is -0.441 e. The lowest BCUT2D eigenvalue weighted by Crippen LogP contribution is -2.40. The van der Waals surface area contributed by atoms with E-state index in [9.17, 15) is 4.79 Å². The second kappa shape index (κ2) is 3.70. The maximum absolute atomic E-state index is 11.1. The second-order valence-corrected chi connectivity index (χ2v) is 3.59. The second-order valence-electron chi connectivity index (χ2n) is 3.59. The Labute approximate surface area is 83.1 Å². The highest BCUT2D eigenvalue weighted by Crippen LogP contribution is 2.25. The van der Waals surface area contributed by atoms with Crippen molar-refractivity contribution < 1.29 is 9.53 Å². The van der Waals surface area contributed by atoms with Crippen molar-refractivity contribution in [2.75, 3.05) is 0 Å². The molecule has 1 aliphatic rings. The van der Waals surface area contributed by atoms with Crippen molar-refractivity contribution in [3.63, 3.8) is 0 Å². The number of hydrogen-bond donors (Lipinski definition) is 1. The molecule has 2 rings (SSSR count). The molecule has 1 fully saturated rings. The summed E-state index contributed by atoms with van der Waals surface area (Å²) in [7, 11) is 0. The van der Waals surface area contributed by atoms with Crippen LogP contribution in [0.25, 0.3) is 0 Å². The number of ether oxygens (including phenoxy) is 1. The Balaban J connectivity index is 2.15. The summed E-state index contributed by atoms with van der Waals surface area (Å²) < 4.78 is 5.19. The molecule has 3 heteroatoms. The minimum absolute atomic E-state index is 0.0973. The quantitative estimate of drug-likeness (QED) is 0.739. The van der Waals surface area contributed by atoms with Crippen molar-refractivity contribution in [1.82, 2.24) is 5.32 Å². The van der Waals surface area contributed by atoms with E-state index in [0.29, 0.717) is 0 Å². The molecule has 1 aliphatic heterocycles. The summed E-state index contributed by atoms with van der Waals surface area (Å²) >= 11 is 0. The summed E-state index contributed by atoms with van der Waals surface area (Å²) in [5, 5.41) is 2.72. The van der Waals surface area contributed by atoms with Crippen LogP contribution in [0.4, 0.5) is 4.79 Å². The van der Waals surface area contributed by atoms with Crippen LogP contribution in [-0.4, -0.2) is 12.1 Å². The van der Waals surface area contributed by atoms with Gasteiger partial charge in [-0.2, -0.15) is 0 Å². The van der Waals surface area contributed by atoms with Gasteiger partial charge in [0.1, 0.15) is 6.10 Å². The predicted octanol–water partition coefficient (Wildman–Crippen LogP) is 2.25. The van der Waals surface area contributed by atoms with Gasteiger partial charge in [0.05, 0.1) is 0 Å². The number of rotatable bonds is 1. The lowest BCUT2D eigenvalue weighted by atomic mass is 10.0. The number of amides is 1. The van der Waals surface area contributed by atoms with E-state index in [-0.39, 0.29) is 18.2 Å². The monoisotopic (exact) mass is 191 g/mol. The molecule has 1 aromatic carbocycles. The van der Waals surface area contributed by atoms with E-state index >= 15 is 0 Å². The van der Waals surface area contributed by atoms with E-state index in [0.717, 1.165) is 12.0 Å². The SMILES string of the molecule is C[C@@H]1C[C@H](c2ccccc2)OC(=O)N1. The fourth-order valence-electron chi connectivity index (χ4n) is 1.66. The van der Waals surface area contributed by atoms with Gasteiger partial charge in [-0.15, -0.1) is 0 Å². The Hall–Kier alpha value is -1.51. The number of cyclic esters (lactones) is 1. The van der Waals surface area contributed by atoms with Crippen LogP contribution >= 0.6 is 0 Å². The highest BCUT2D eigenvalue weighted by atomic mass is 16.6. The molecule has 3 nitrogen and oxygen atoms in total. The van der Waals surface area contributed by atoms with Crippen molar-refractivity contribution in [3.8, 4) is 0 Å². The van der Waals surface area contributed by atoms with E-state index in [1.54, 1.807) is 0 Å². The van der Waals surface area contributed by atoms with Crippen molar-refractivity contribution in [2.45, 2.75) is 25.5 Å². The molecule has 0 unspecified atom stereocenters. The van der Waals surface area contributed by atoms with Crippen molar-refractivity contribution in [3.05, 3.63) is 35.9 Å². The standard InChI is InChI=1S/C11H13NO2/c1-8-7-10(14-11(13)12-8)9-5-3-2-4-6-9/h2-6,8,10H,7H2,1H3,(H,12,13)/t8-,10-/m1/s1. The molecule has 0 saturated carbocycles. The Morgan fingerprint density at radius 3 is 2.71 bits per heavy atom. The Bertz CT molecular complexity index is 323. The zero-order valence-corrected chi connectivity index (χ0v) is 8.07. The maximum Gasteiger partial charge on any atom is 0.407 e. The summed E-state index contributed by atoms with van der Waals surface area (Å²) in [6.07, 6.45) is 0.410. The van der Waals surface area contributed by atoms with E-state index < -0.39 is 0 Å². The van der Waals surface area contributed by atoms with Crippen LogP contribution in [0.5, 0.6) is 0 Å². The Morgan fingerprint density at radius 2 is 2.07 bits per heavy atom. The maximum atomic E-state index is 11.1. The van der Waals surface area contributed by atoms with Crippen LogP contribution in [0.2, 0.25) is 0 Å². The van der Waals surface area contributed by atoms with Gasteiger partial charge in [-0.05, 0) is 12.5 Å². The van der Waals surface area contributed by atoms with Gasteiger partial charge in [-0.1, -0.05) is 30.3 Å². The highest BCUT2D eigenvalue weighted by Gasteiger charge is 2.25. The predicted molar refractivity (Wildman–Crippen MR) is 52.9 cm³/mol. The number of alkyl carbamates (subject to hydrolysis) is 1. The van der Waals surface area contributed by atoms with E-state index in [1.807, 2.05) is 37.3 Å². The first-order valence-electron chi connectivity index (χ1n) is 4.78. The average Bonchev–Trinajstić information content (AvgIpc) is 2.18. The molecule has 0 aromatic heterocycles. The molecule has 0 bridgehead atoms. The summed E-state index contributed by atoms with van der Waals surface area (Å²) in [6.45, 7) is 1.98. The topological polar surface area (TPSA) is 38.3 Å². The zero-order chi connectivity index (χ0) is 9.97. The van der Waals surface area contributed by atoms with Gasteiger partial charge in [-0.25, -0.2) is 4.79 Å². The van der Waals surface area contributed by atoms with Crippen molar-refractivity contribution >= 4 is 6.09 Å². The molecular weight excluding hydrogens is 178 g/mol. The van der Waals surface area contributed by atoms with Crippen LogP contribution in [0, 0.1) is 0 Å². The van der Waals surface area contributed by atoms with Gasteiger partial charge < -0.3 is 10.1 Å². The van der Waals surface area contributed by atoms with Gasteiger partial charge in [0.2, 0.25) is 0 Å². The minimum atomic E-state index is -0.322. The number of benzene rings is 1. The first-order valence-corrected chi connectivity index (χ1v) is 4.78. The van der Waals surface area contributed by atoms with Crippen molar-refractivity contribution in [1.29, 1.82) is 0 Å². The molecule has 2 atom stereocenters. The van der Waals surface area contributed by atoms with Crippen LogP contribution in [-0.2, 0) is 4.74 Å². The summed E-state index contributed by atoms with van der Waals surface area (Å²) in [5.41, 5.74) is 1.06. The van der Waals surface area contributed by atoms with E-state index in [4.69, 9.17) is 4.74 Å². The van der Waals surface area contributed by atoms with Gasteiger partial charge in [0.15, 0.2) is 0 Å².